The molecule has 1 aliphatic carbocycles. The van der Waals surface area contributed by atoms with Crippen molar-refractivity contribution in [2.75, 3.05) is 18.8 Å². The second-order valence-electron chi connectivity index (χ2n) is 11.0. The number of carbonyl (C=O) groups is 1. The van der Waals surface area contributed by atoms with E-state index in [-0.39, 0.29) is 11.3 Å². The summed E-state index contributed by atoms with van der Waals surface area (Å²) in [6, 6.07) is 9.18. The highest BCUT2D eigenvalue weighted by Crippen LogP contribution is 2.37. The number of amides is 1. The maximum atomic E-state index is 13.0. The maximum absolute atomic E-state index is 13.0. The van der Waals surface area contributed by atoms with Crippen LogP contribution in [0.5, 0.6) is 0 Å². The first-order valence-electron chi connectivity index (χ1n) is 12.2. The number of thioether (sulfide) groups is 1. The summed E-state index contributed by atoms with van der Waals surface area (Å²) >= 11 is 1.56. The molecule has 5 nitrogen and oxygen atoms in total. The summed E-state index contributed by atoms with van der Waals surface area (Å²) in [5, 5.41) is 10.1. The van der Waals surface area contributed by atoms with Crippen LogP contribution >= 0.6 is 11.8 Å². The van der Waals surface area contributed by atoms with Gasteiger partial charge in [0.25, 0.3) is 0 Å². The fraction of sp³-hybridized carbons (Fsp3) is 0.654. The van der Waals surface area contributed by atoms with Gasteiger partial charge in [-0.3, -0.25) is 9.36 Å². The van der Waals surface area contributed by atoms with Gasteiger partial charge in [-0.2, -0.15) is 0 Å². The Labute approximate surface area is 197 Å². The lowest BCUT2D eigenvalue weighted by Crippen LogP contribution is -2.43. The van der Waals surface area contributed by atoms with Crippen molar-refractivity contribution >= 4 is 17.7 Å². The quantitative estimate of drug-likeness (QED) is 0.524. The zero-order valence-electron chi connectivity index (χ0n) is 20.3. The monoisotopic (exact) mass is 454 g/mol. The Bertz CT molecular complexity index is 914. The highest BCUT2D eigenvalue weighted by molar-refractivity contribution is 7.99. The molecule has 4 rings (SSSR count). The van der Waals surface area contributed by atoms with E-state index in [0.717, 1.165) is 42.5 Å². The molecule has 2 heterocycles. The summed E-state index contributed by atoms with van der Waals surface area (Å²) in [5.41, 5.74) is 2.55. The maximum Gasteiger partial charge on any atom is 0.233 e. The molecule has 6 heteroatoms. The molecule has 1 saturated carbocycles. The van der Waals surface area contributed by atoms with Gasteiger partial charge in [0.05, 0.1) is 5.75 Å². The Kier molecular flexibility index (Phi) is 6.99. The summed E-state index contributed by atoms with van der Waals surface area (Å²) in [6.45, 7) is 13.0. The molecule has 1 aliphatic heterocycles. The normalized spacial score (nSPS) is 22.5. The number of nitrogens with zero attached hydrogens (tertiary/aromatic N) is 4. The first-order valence-corrected chi connectivity index (χ1v) is 13.2. The third-order valence-electron chi connectivity index (χ3n) is 6.91. The van der Waals surface area contributed by atoms with Crippen LogP contribution in [0.2, 0.25) is 0 Å². The standard InChI is InChI=1S/C26H38N4OS/c1-18-14-19(2)16-29(15-18)23(31)17-32-25-28-27-24(30(25)22-8-6-7-9-22)20-10-12-21(13-11-20)26(3,4)5/h10-13,18-19,22H,6-9,14-17H2,1-5H3. The van der Waals surface area contributed by atoms with Gasteiger partial charge in [-0.05, 0) is 42.1 Å². The van der Waals surface area contributed by atoms with Gasteiger partial charge in [-0.25, -0.2) is 0 Å². The molecule has 1 saturated heterocycles. The molecule has 174 valence electrons. The van der Waals surface area contributed by atoms with Gasteiger partial charge in [-0.15, -0.1) is 10.2 Å². The van der Waals surface area contributed by atoms with E-state index in [1.165, 1.54) is 24.8 Å². The van der Waals surface area contributed by atoms with Crippen molar-refractivity contribution < 1.29 is 4.79 Å². The van der Waals surface area contributed by atoms with Crippen LogP contribution in [0, 0.1) is 11.8 Å². The molecule has 32 heavy (non-hydrogen) atoms. The molecule has 1 aromatic heterocycles. The summed E-state index contributed by atoms with van der Waals surface area (Å²) in [7, 11) is 0. The Balaban J connectivity index is 1.54. The summed E-state index contributed by atoms with van der Waals surface area (Å²) in [5.74, 6) is 2.76. The van der Waals surface area contributed by atoms with Gasteiger partial charge < -0.3 is 4.90 Å². The summed E-state index contributed by atoms with van der Waals surface area (Å²) in [4.78, 5) is 15.0. The predicted octanol–water partition coefficient (Wildman–Crippen LogP) is 5.95. The van der Waals surface area contributed by atoms with Gasteiger partial charge in [0, 0.05) is 24.7 Å². The topological polar surface area (TPSA) is 51.0 Å². The van der Waals surface area contributed by atoms with Crippen LogP contribution in [-0.4, -0.2) is 44.4 Å². The Morgan fingerprint density at radius 2 is 1.66 bits per heavy atom. The average Bonchev–Trinajstić information content (AvgIpc) is 3.40. The minimum Gasteiger partial charge on any atom is -0.341 e. The van der Waals surface area contributed by atoms with E-state index in [1.807, 2.05) is 4.90 Å². The van der Waals surface area contributed by atoms with Crippen LogP contribution in [0.1, 0.15) is 78.3 Å². The lowest BCUT2D eigenvalue weighted by atomic mass is 9.86. The lowest BCUT2D eigenvalue weighted by Gasteiger charge is -2.35. The molecular weight excluding hydrogens is 416 g/mol. The molecule has 2 aromatic rings. The van der Waals surface area contributed by atoms with E-state index in [0.29, 0.717) is 23.6 Å². The molecule has 0 spiro atoms. The second-order valence-corrected chi connectivity index (χ2v) is 11.9. The van der Waals surface area contributed by atoms with Crippen LogP contribution < -0.4 is 0 Å². The highest BCUT2D eigenvalue weighted by Gasteiger charge is 2.28. The van der Waals surface area contributed by atoms with E-state index in [2.05, 4.69) is 73.6 Å². The van der Waals surface area contributed by atoms with Crippen molar-refractivity contribution in [1.82, 2.24) is 19.7 Å². The molecule has 2 unspecified atom stereocenters. The Morgan fingerprint density at radius 3 is 2.25 bits per heavy atom. The van der Waals surface area contributed by atoms with Crippen molar-refractivity contribution in [3.63, 3.8) is 0 Å². The van der Waals surface area contributed by atoms with Gasteiger partial charge in [0.1, 0.15) is 0 Å². The van der Waals surface area contributed by atoms with Crippen molar-refractivity contribution in [2.24, 2.45) is 11.8 Å². The molecule has 0 N–H and O–H groups in total. The number of aromatic nitrogens is 3. The first-order chi connectivity index (χ1) is 15.2. The van der Waals surface area contributed by atoms with Gasteiger partial charge >= 0.3 is 0 Å². The molecule has 2 aliphatic rings. The minimum absolute atomic E-state index is 0.127. The Morgan fingerprint density at radius 1 is 1.03 bits per heavy atom. The van der Waals surface area contributed by atoms with Gasteiger partial charge in [-0.1, -0.05) is 83.5 Å². The van der Waals surface area contributed by atoms with Crippen LogP contribution in [0.3, 0.4) is 0 Å². The number of piperidine rings is 1. The summed E-state index contributed by atoms with van der Waals surface area (Å²) in [6.07, 6.45) is 6.03. The van der Waals surface area contributed by atoms with Gasteiger partial charge in [0.2, 0.25) is 5.91 Å². The predicted molar refractivity (Wildman–Crippen MR) is 132 cm³/mol. The number of rotatable bonds is 5. The molecule has 2 fully saturated rings. The highest BCUT2D eigenvalue weighted by atomic mass is 32.2. The smallest absolute Gasteiger partial charge is 0.233 e. The molecule has 0 radical (unpaired) electrons. The van der Waals surface area contributed by atoms with E-state index in [1.54, 1.807) is 11.8 Å². The first kappa shape index (κ1) is 23.3. The zero-order valence-corrected chi connectivity index (χ0v) is 21.1. The van der Waals surface area contributed by atoms with Crippen LogP contribution in [0.4, 0.5) is 0 Å². The Hall–Kier alpha value is -1.82. The van der Waals surface area contributed by atoms with E-state index < -0.39 is 0 Å². The SMILES string of the molecule is CC1CC(C)CN(C(=O)CSc2nnc(-c3ccc(C(C)(C)C)cc3)n2C2CCCC2)C1. The summed E-state index contributed by atoms with van der Waals surface area (Å²) < 4.78 is 2.32. The fourth-order valence-electron chi connectivity index (χ4n) is 5.27. The molecule has 1 aromatic carbocycles. The molecule has 0 bridgehead atoms. The molecule has 2 atom stereocenters. The third kappa shape index (κ3) is 5.22. The van der Waals surface area contributed by atoms with Crippen molar-refractivity contribution in [3.05, 3.63) is 29.8 Å². The number of benzene rings is 1. The second kappa shape index (κ2) is 9.58. The van der Waals surface area contributed by atoms with Crippen molar-refractivity contribution in [2.45, 2.75) is 83.3 Å². The number of hydrogen-bond donors (Lipinski definition) is 0. The van der Waals surface area contributed by atoms with Gasteiger partial charge in [0.15, 0.2) is 11.0 Å². The molecular formula is C26H38N4OS. The number of carbonyl (C=O) groups excluding carboxylic acids is 1. The van der Waals surface area contributed by atoms with E-state index in [4.69, 9.17) is 0 Å². The zero-order chi connectivity index (χ0) is 22.9. The number of likely N-dealkylation sites (tertiary alicyclic amines) is 1. The van der Waals surface area contributed by atoms with Crippen molar-refractivity contribution in [1.29, 1.82) is 0 Å². The van der Waals surface area contributed by atoms with Crippen molar-refractivity contribution in [3.8, 4) is 11.4 Å². The van der Waals surface area contributed by atoms with Crippen LogP contribution in [0.15, 0.2) is 29.4 Å². The van der Waals surface area contributed by atoms with Crippen LogP contribution in [-0.2, 0) is 10.2 Å². The van der Waals surface area contributed by atoms with Crippen LogP contribution in [0.25, 0.3) is 11.4 Å². The largest absolute Gasteiger partial charge is 0.341 e. The lowest BCUT2D eigenvalue weighted by molar-refractivity contribution is -0.130. The minimum atomic E-state index is 0.127. The molecule has 1 amide bonds. The third-order valence-corrected chi connectivity index (χ3v) is 7.84. The average molecular weight is 455 g/mol. The van der Waals surface area contributed by atoms with E-state index >= 15 is 0 Å². The fourth-order valence-corrected chi connectivity index (χ4v) is 6.18. The van der Waals surface area contributed by atoms with E-state index in [9.17, 15) is 4.79 Å². The number of hydrogen-bond acceptors (Lipinski definition) is 4.